The fraction of sp³-hybridized carbons (Fsp3) is 0.125. The number of benzene rings is 1. The zero-order valence-corrected chi connectivity index (χ0v) is 7.60. The van der Waals surface area contributed by atoms with Gasteiger partial charge in [0.15, 0.2) is 0 Å². The first kappa shape index (κ1) is 15.0. The molecule has 1 rings (SSSR count). The SMILES string of the molecule is [B+2]c1ccc(C(=O)OC)cc1N.[OH-].[OH-]. The van der Waals surface area contributed by atoms with Crippen LogP contribution in [0.3, 0.4) is 0 Å². The van der Waals surface area contributed by atoms with Crippen LogP contribution in [-0.4, -0.2) is 31.9 Å². The summed E-state index contributed by atoms with van der Waals surface area (Å²) in [5.41, 5.74) is 6.73. The fourth-order valence-corrected chi connectivity index (χ4v) is 0.820. The van der Waals surface area contributed by atoms with Crippen molar-refractivity contribution in [1.29, 1.82) is 0 Å². The van der Waals surface area contributed by atoms with Gasteiger partial charge in [-0.15, -0.1) is 0 Å². The molecule has 0 fully saturated rings. The molecule has 0 aliphatic heterocycles. The third kappa shape index (κ3) is 3.08. The summed E-state index contributed by atoms with van der Waals surface area (Å²) in [5, 5.41) is 0. The first-order chi connectivity index (χ1) is 5.65. The number of rotatable bonds is 1. The molecule has 0 saturated heterocycles. The van der Waals surface area contributed by atoms with Crippen molar-refractivity contribution in [1.82, 2.24) is 0 Å². The smallest absolute Gasteiger partial charge is 0.870 e. The first-order valence-electron chi connectivity index (χ1n) is 3.38. The maximum atomic E-state index is 11.0. The summed E-state index contributed by atoms with van der Waals surface area (Å²) in [6, 6.07) is 4.63. The Kier molecular flexibility index (Phi) is 6.43. The van der Waals surface area contributed by atoms with Crippen LogP contribution in [0.15, 0.2) is 18.2 Å². The van der Waals surface area contributed by atoms with E-state index in [0.29, 0.717) is 16.7 Å². The molecule has 74 valence electrons. The number of carbonyl (C=O) groups is 1. The summed E-state index contributed by atoms with van der Waals surface area (Å²) < 4.78 is 4.50. The van der Waals surface area contributed by atoms with Crippen LogP contribution in [0.4, 0.5) is 5.69 Å². The van der Waals surface area contributed by atoms with E-state index < -0.39 is 5.97 Å². The van der Waals surface area contributed by atoms with Crippen LogP contribution in [0.25, 0.3) is 0 Å². The molecule has 0 heterocycles. The first-order valence-corrected chi connectivity index (χ1v) is 3.38. The predicted octanol–water partition coefficient (Wildman–Crippen LogP) is -0.504. The zero-order valence-electron chi connectivity index (χ0n) is 7.60. The standard InChI is InChI=1S/C8H8BNO2.2H2O/c1-12-8(11)5-2-3-6(9)7(10)4-5;;/h2-4H,10H2,1H3;2*1H2/q+2;;/p-2. The molecule has 0 unspecified atom stereocenters. The topological polar surface area (TPSA) is 112 Å². The van der Waals surface area contributed by atoms with Crippen molar-refractivity contribution in [3.8, 4) is 0 Å². The summed E-state index contributed by atoms with van der Waals surface area (Å²) in [6.07, 6.45) is 0. The van der Waals surface area contributed by atoms with Gasteiger partial charge in [0.25, 0.3) is 0 Å². The largest absolute Gasteiger partial charge is 0.870 e. The van der Waals surface area contributed by atoms with Gasteiger partial charge in [-0.2, -0.15) is 0 Å². The minimum Gasteiger partial charge on any atom is -0.870 e. The van der Waals surface area contributed by atoms with Crippen LogP contribution >= 0.6 is 0 Å². The van der Waals surface area contributed by atoms with Crippen LogP contribution in [0.5, 0.6) is 0 Å². The van der Waals surface area contributed by atoms with Gasteiger partial charge in [0.2, 0.25) is 0 Å². The van der Waals surface area contributed by atoms with Crippen molar-refractivity contribution in [2.24, 2.45) is 0 Å². The molecule has 0 amide bonds. The molecule has 0 aliphatic rings. The number of methoxy groups -OCH3 is 1. The van der Waals surface area contributed by atoms with Crippen molar-refractivity contribution < 1.29 is 20.5 Å². The third-order valence-corrected chi connectivity index (χ3v) is 1.51. The maximum absolute atomic E-state index is 11.0. The van der Waals surface area contributed by atoms with Gasteiger partial charge in [0.05, 0.1) is 0 Å². The van der Waals surface area contributed by atoms with Crippen molar-refractivity contribution >= 4 is 25.0 Å². The molecule has 1 aromatic rings. The average Bonchev–Trinajstić information content (AvgIpc) is 2.08. The van der Waals surface area contributed by atoms with Gasteiger partial charge in [-0.05, 0) is 0 Å². The van der Waals surface area contributed by atoms with Crippen LogP contribution in [-0.2, 0) is 4.74 Å². The van der Waals surface area contributed by atoms with Gasteiger partial charge in [-0.25, -0.2) is 0 Å². The van der Waals surface area contributed by atoms with Crippen molar-refractivity contribution in [2.45, 2.75) is 0 Å². The Labute approximate surface area is 82.9 Å². The van der Waals surface area contributed by atoms with Crippen LogP contribution < -0.4 is 11.2 Å². The molecule has 6 heteroatoms. The summed E-state index contributed by atoms with van der Waals surface area (Å²) in [4.78, 5) is 11.0. The predicted molar refractivity (Wildman–Crippen MR) is 51.5 cm³/mol. The van der Waals surface area contributed by atoms with Gasteiger partial charge in [-0.1, -0.05) is 0 Å². The Bertz CT molecular complexity index is 316. The molecule has 1 aromatic carbocycles. The van der Waals surface area contributed by atoms with E-state index in [0.717, 1.165) is 0 Å². The molecule has 0 spiro atoms. The maximum Gasteiger partial charge on any atom is -0.870 e. The summed E-state index contributed by atoms with van der Waals surface area (Å²) >= 11 is 0. The van der Waals surface area contributed by atoms with Crippen molar-refractivity contribution in [3.05, 3.63) is 23.8 Å². The van der Waals surface area contributed by atoms with Crippen LogP contribution in [0, 0.1) is 0 Å². The van der Waals surface area contributed by atoms with E-state index >= 15 is 0 Å². The Morgan fingerprint density at radius 1 is 1.43 bits per heavy atom. The molecule has 0 radical (unpaired) electrons. The zero-order chi connectivity index (χ0) is 9.14. The Morgan fingerprint density at radius 2 is 2.00 bits per heavy atom. The number of anilines is 1. The molecule has 5 nitrogen and oxygen atoms in total. The van der Waals surface area contributed by atoms with E-state index in [1.165, 1.54) is 13.2 Å². The van der Waals surface area contributed by atoms with Gasteiger partial charge < -0.3 is 11.0 Å². The number of carbonyl (C=O) groups excluding carboxylic acids is 1. The van der Waals surface area contributed by atoms with Crippen LogP contribution in [0.1, 0.15) is 10.4 Å². The van der Waals surface area contributed by atoms with E-state index in [2.05, 4.69) is 4.74 Å². The van der Waals surface area contributed by atoms with E-state index in [4.69, 9.17) is 13.6 Å². The van der Waals surface area contributed by atoms with Crippen molar-refractivity contribution in [3.63, 3.8) is 0 Å². The second kappa shape index (κ2) is 6.01. The molecule has 0 aromatic heterocycles. The molecule has 0 atom stereocenters. The van der Waals surface area contributed by atoms with Gasteiger partial charge in [0.1, 0.15) is 0 Å². The summed E-state index contributed by atoms with van der Waals surface area (Å²) in [6.45, 7) is 0. The number of hydrogen-bond donors (Lipinski definition) is 1. The minimum absolute atomic E-state index is 0. The summed E-state index contributed by atoms with van der Waals surface area (Å²) in [7, 11) is 6.77. The van der Waals surface area contributed by atoms with Gasteiger partial charge in [0, 0.05) is 0 Å². The number of hydrogen-bond acceptors (Lipinski definition) is 5. The normalized spacial score (nSPS) is 8.21. The molecule has 4 N–H and O–H groups in total. The molecule has 0 aliphatic carbocycles. The second-order valence-corrected chi connectivity index (χ2v) is 2.34. The number of nitrogens with two attached hydrogens (primary N) is 1. The average molecular weight is 195 g/mol. The monoisotopic (exact) mass is 195 g/mol. The van der Waals surface area contributed by atoms with Gasteiger partial charge in [-0.3, -0.25) is 0 Å². The molecular weight excluding hydrogens is 185 g/mol. The van der Waals surface area contributed by atoms with E-state index in [1.807, 2.05) is 0 Å². The molecule has 14 heavy (non-hydrogen) atoms. The molecular formula is C8H10BNO4. The number of ether oxygens (including phenoxy) is 1. The summed E-state index contributed by atoms with van der Waals surface area (Å²) in [5.74, 6) is -0.415. The minimum atomic E-state index is -0.415. The Hall–Kier alpha value is -1.53. The fourth-order valence-electron chi connectivity index (χ4n) is 0.820. The van der Waals surface area contributed by atoms with E-state index in [1.54, 1.807) is 12.1 Å². The van der Waals surface area contributed by atoms with Gasteiger partial charge >= 0.3 is 71.1 Å². The number of esters is 1. The van der Waals surface area contributed by atoms with Crippen molar-refractivity contribution in [2.75, 3.05) is 12.8 Å². The quantitative estimate of drug-likeness (QED) is 0.368. The van der Waals surface area contributed by atoms with Crippen LogP contribution in [0.2, 0.25) is 0 Å². The molecule has 0 bridgehead atoms. The number of nitrogen functional groups attached to an aromatic ring is 1. The Balaban J connectivity index is 0. The van der Waals surface area contributed by atoms with E-state index in [9.17, 15) is 4.79 Å². The Morgan fingerprint density at radius 3 is 2.43 bits per heavy atom. The molecule has 0 saturated carbocycles. The second-order valence-electron chi connectivity index (χ2n) is 2.34. The third-order valence-electron chi connectivity index (χ3n) is 1.51. The van der Waals surface area contributed by atoms with E-state index in [-0.39, 0.29) is 11.0 Å².